The van der Waals surface area contributed by atoms with E-state index in [1.807, 2.05) is 4.90 Å². The number of esters is 1. The van der Waals surface area contributed by atoms with Crippen LogP contribution in [0.3, 0.4) is 0 Å². The normalized spacial score (nSPS) is 20.7. The van der Waals surface area contributed by atoms with Gasteiger partial charge in [-0.05, 0) is 49.9 Å². The fourth-order valence-electron chi connectivity index (χ4n) is 4.18. The zero-order chi connectivity index (χ0) is 23.6. The highest BCUT2D eigenvalue weighted by molar-refractivity contribution is 6.31. The summed E-state index contributed by atoms with van der Waals surface area (Å²) in [6.45, 7) is 2.46. The third-order valence-electron chi connectivity index (χ3n) is 6.04. The van der Waals surface area contributed by atoms with Gasteiger partial charge in [0.2, 0.25) is 0 Å². The molecule has 33 heavy (non-hydrogen) atoms. The summed E-state index contributed by atoms with van der Waals surface area (Å²) < 4.78 is 48.3. The Morgan fingerprint density at radius 3 is 2.73 bits per heavy atom. The van der Waals surface area contributed by atoms with Gasteiger partial charge in [-0.2, -0.15) is 18.2 Å². The fourth-order valence-corrected chi connectivity index (χ4v) is 4.35. The van der Waals surface area contributed by atoms with Crippen LogP contribution in [0.2, 0.25) is 5.02 Å². The highest BCUT2D eigenvalue weighted by atomic mass is 35.5. The molecule has 180 valence electrons. The first-order valence-electron chi connectivity index (χ1n) is 10.8. The van der Waals surface area contributed by atoms with Gasteiger partial charge >= 0.3 is 12.1 Å². The molecular weight excluding hydrogens is 465 g/mol. The number of nitrogens with one attached hydrogen (secondary N) is 2. The molecule has 1 aromatic heterocycles. The molecule has 0 saturated carbocycles. The number of alkyl halides is 3. The minimum absolute atomic E-state index is 0.129. The van der Waals surface area contributed by atoms with Crippen LogP contribution >= 0.6 is 11.6 Å². The number of piperidine rings is 1. The number of fused-ring (bicyclic) bond motifs is 1. The number of hydrogen-bond acceptors (Lipinski definition) is 7. The molecule has 1 amide bonds. The van der Waals surface area contributed by atoms with E-state index in [1.165, 1.54) is 0 Å². The summed E-state index contributed by atoms with van der Waals surface area (Å²) in [5.41, 5.74) is 1.32. The van der Waals surface area contributed by atoms with Crippen LogP contribution in [-0.2, 0) is 14.3 Å². The quantitative estimate of drug-likeness (QED) is 0.603. The lowest BCUT2D eigenvalue weighted by Gasteiger charge is -2.31. The molecule has 2 N–H and O–H groups in total. The van der Waals surface area contributed by atoms with Crippen molar-refractivity contribution in [1.82, 2.24) is 15.6 Å². The lowest BCUT2D eigenvalue weighted by Crippen LogP contribution is -2.47. The first kappa shape index (κ1) is 23.6. The summed E-state index contributed by atoms with van der Waals surface area (Å²) in [6.07, 6.45) is -4.69. The number of halogens is 4. The number of carbonyl (C=O) groups is 2. The number of benzene rings is 1. The van der Waals surface area contributed by atoms with Gasteiger partial charge in [0.1, 0.15) is 5.52 Å². The molecule has 0 spiro atoms. The Kier molecular flexibility index (Phi) is 6.99. The van der Waals surface area contributed by atoms with E-state index in [1.54, 1.807) is 18.2 Å². The number of rotatable bonds is 6. The topological polar surface area (TPSA) is 96.7 Å². The predicted octanol–water partition coefficient (Wildman–Crippen LogP) is 2.90. The Morgan fingerprint density at radius 2 is 2.06 bits per heavy atom. The molecule has 0 bridgehead atoms. The van der Waals surface area contributed by atoms with Gasteiger partial charge in [-0.15, -0.1) is 0 Å². The van der Waals surface area contributed by atoms with Crippen molar-refractivity contribution in [2.24, 2.45) is 11.8 Å². The van der Waals surface area contributed by atoms with Crippen LogP contribution in [0.25, 0.3) is 11.1 Å². The van der Waals surface area contributed by atoms with Crippen LogP contribution in [0.5, 0.6) is 0 Å². The molecule has 2 aliphatic heterocycles. The zero-order valence-electron chi connectivity index (χ0n) is 17.7. The van der Waals surface area contributed by atoms with E-state index >= 15 is 0 Å². The average molecular weight is 489 g/mol. The number of nitrogens with zero attached hydrogens (tertiary/aromatic N) is 2. The highest BCUT2D eigenvalue weighted by Crippen LogP contribution is 2.28. The molecule has 0 aliphatic carbocycles. The first-order chi connectivity index (χ1) is 15.7. The Bertz CT molecular complexity index is 1000. The van der Waals surface area contributed by atoms with Gasteiger partial charge in [-0.1, -0.05) is 11.6 Å². The van der Waals surface area contributed by atoms with Gasteiger partial charge < -0.3 is 24.7 Å². The number of oxazole rings is 1. The summed E-state index contributed by atoms with van der Waals surface area (Å²) in [5.74, 6) is -3.41. The van der Waals surface area contributed by atoms with E-state index in [0.29, 0.717) is 54.7 Å². The Balaban J connectivity index is 1.30. The monoisotopic (exact) mass is 488 g/mol. The van der Waals surface area contributed by atoms with Gasteiger partial charge in [0.25, 0.3) is 11.9 Å². The molecule has 0 radical (unpaired) electrons. The second-order valence-corrected chi connectivity index (χ2v) is 8.80. The molecule has 2 atom stereocenters. The molecule has 2 fully saturated rings. The molecule has 3 heterocycles. The van der Waals surface area contributed by atoms with Crippen LogP contribution in [0.1, 0.15) is 19.3 Å². The van der Waals surface area contributed by atoms with Gasteiger partial charge in [-0.3, -0.25) is 4.79 Å². The van der Waals surface area contributed by atoms with Crippen LogP contribution in [-0.4, -0.2) is 61.9 Å². The Hall–Kier alpha value is -2.53. The van der Waals surface area contributed by atoms with Crippen molar-refractivity contribution in [3.63, 3.8) is 0 Å². The van der Waals surface area contributed by atoms with Crippen molar-refractivity contribution < 1.29 is 31.9 Å². The van der Waals surface area contributed by atoms with Crippen molar-refractivity contribution in [3.8, 4) is 0 Å². The molecule has 8 nitrogen and oxygen atoms in total. The molecule has 2 aromatic rings. The number of aromatic nitrogens is 1. The second kappa shape index (κ2) is 9.76. The van der Waals surface area contributed by atoms with E-state index < -0.39 is 30.1 Å². The minimum Gasteiger partial charge on any atom is -0.445 e. The number of amides is 1. The Morgan fingerprint density at radius 1 is 1.30 bits per heavy atom. The summed E-state index contributed by atoms with van der Waals surface area (Å²) >= 11 is 5.99. The highest BCUT2D eigenvalue weighted by Gasteiger charge is 2.45. The maximum Gasteiger partial charge on any atom is 0.490 e. The standard InChI is InChI=1S/C21H24ClF3N4O4/c22-14-1-2-16-15(9-14)28-20(32-16)29-7-4-12(5-8-29)10-27-18(30)17(13-3-6-26-11-13)33-19(31)21(23,24)25/h1-2,9,12-13,17,26H,3-8,10-11H2,(H,27,30). The molecule has 2 unspecified atom stereocenters. The maximum absolute atomic E-state index is 12.7. The molecule has 4 rings (SSSR count). The van der Waals surface area contributed by atoms with Crippen molar-refractivity contribution in [3.05, 3.63) is 23.2 Å². The number of ether oxygens (including phenoxy) is 1. The van der Waals surface area contributed by atoms with Crippen molar-refractivity contribution in [2.45, 2.75) is 31.5 Å². The van der Waals surface area contributed by atoms with E-state index in [4.69, 9.17) is 16.0 Å². The fraction of sp³-hybridized carbons (Fsp3) is 0.571. The third-order valence-corrected chi connectivity index (χ3v) is 6.27. The largest absolute Gasteiger partial charge is 0.490 e. The van der Waals surface area contributed by atoms with Crippen LogP contribution in [0.4, 0.5) is 19.2 Å². The molecule has 12 heteroatoms. The summed E-state index contributed by atoms with van der Waals surface area (Å²) in [6, 6.07) is 5.73. The number of hydrogen-bond donors (Lipinski definition) is 2. The van der Waals surface area contributed by atoms with Gasteiger partial charge in [-0.25, -0.2) is 4.79 Å². The smallest absolute Gasteiger partial charge is 0.445 e. The van der Waals surface area contributed by atoms with Crippen LogP contribution in [0, 0.1) is 11.8 Å². The third kappa shape index (κ3) is 5.70. The number of anilines is 1. The molecule has 1 aromatic carbocycles. The first-order valence-corrected chi connectivity index (χ1v) is 11.2. The van der Waals surface area contributed by atoms with Crippen molar-refractivity contribution >= 4 is 40.6 Å². The maximum atomic E-state index is 12.7. The molecule has 2 saturated heterocycles. The molecular formula is C21H24ClF3N4O4. The van der Waals surface area contributed by atoms with Crippen molar-refractivity contribution in [2.75, 3.05) is 37.6 Å². The van der Waals surface area contributed by atoms with E-state index in [-0.39, 0.29) is 12.5 Å². The Labute approximate surface area is 192 Å². The number of carbonyl (C=O) groups excluding carboxylic acids is 2. The summed E-state index contributed by atoms with van der Waals surface area (Å²) in [4.78, 5) is 30.4. The SMILES string of the molecule is O=C(NCC1CCN(c2nc3cc(Cl)ccc3o2)CC1)C(OC(=O)C(F)(F)F)C1CCNC1. The van der Waals surface area contributed by atoms with Gasteiger partial charge in [0.15, 0.2) is 11.7 Å². The van der Waals surface area contributed by atoms with Gasteiger partial charge in [0, 0.05) is 37.1 Å². The van der Waals surface area contributed by atoms with Crippen molar-refractivity contribution in [1.29, 1.82) is 0 Å². The van der Waals surface area contributed by atoms with E-state index in [2.05, 4.69) is 20.4 Å². The zero-order valence-corrected chi connectivity index (χ0v) is 18.4. The van der Waals surface area contributed by atoms with Crippen LogP contribution < -0.4 is 15.5 Å². The lowest BCUT2D eigenvalue weighted by molar-refractivity contribution is -0.207. The lowest BCUT2D eigenvalue weighted by atomic mass is 9.96. The minimum atomic E-state index is -5.15. The summed E-state index contributed by atoms with van der Waals surface area (Å²) in [5, 5.41) is 6.24. The van der Waals surface area contributed by atoms with Gasteiger partial charge in [0.05, 0.1) is 0 Å². The summed E-state index contributed by atoms with van der Waals surface area (Å²) in [7, 11) is 0. The predicted molar refractivity (Wildman–Crippen MR) is 114 cm³/mol. The average Bonchev–Trinajstić information content (AvgIpc) is 3.45. The second-order valence-electron chi connectivity index (χ2n) is 8.36. The van der Waals surface area contributed by atoms with Crippen LogP contribution in [0.15, 0.2) is 22.6 Å². The van der Waals surface area contributed by atoms with E-state index in [9.17, 15) is 22.8 Å². The molecule has 2 aliphatic rings. The van der Waals surface area contributed by atoms with E-state index in [0.717, 1.165) is 12.8 Å².